The van der Waals surface area contributed by atoms with Crippen LogP contribution in [0.5, 0.6) is 11.5 Å². The third-order valence-electron chi connectivity index (χ3n) is 4.48. The van der Waals surface area contributed by atoms with Crippen molar-refractivity contribution in [3.8, 4) is 11.5 Å². The number of carbonyl (C=O) groups is 2. The molecule has 2 aromatic carbocycles. The molecule has 0 saturated carbocycles. The van der Waals surface area contributed by atoms with Gasteiger partial charge in [0.15, 0.2) is 13.2 Å². The van der Waals surface area contributed by atoms with Crippen LogP contribution < -0.4 is 9.47 Å². The quantitative estimate of drug-likeness (QED) is 0.665. The van der Waals surface area contributed by atoms with Gasteiger partial charge < -0.3 is 19.3 Å². The molecule has 3 rings (SSSR count). The Bertz CT molecular complexity index is 862. The molecule has 0 aliphatic carbocycles. The van der Waals surface area contributed by atoms with E-state index in [0.29, 0.717) is 26.2 Å². The largest absolute Gasteiger partial charge is 0.482 e. The van der Waals surface area contributed by atoms with E-state index in [9.17, 15) is 18.4 Å². The first-order valence-corrected chi connectivity index (χ1v) is 9.80. The summed E-state index contributed by atoms with van der Waals surface area (Å²) in [6, 6.07) is 7.30. The standard InChI is InChI=1S/C20H18Cl2F2N2O4/c21-15-9-13(23)1-3-17(15)29-11-19(27)25-5-7-26(8-6-25)20(28)12-30-18-4-2-14(24)10-16(18)22/h1-4,9-10H,5-8,11-12H2. The fraction of sp³-hybridized carbons (Fsp3) is 0.300. The van der Waals surface area contributed by atoms with E-state index in [0.717, 1.165) is 12.1 Å². The van der Waals surface area contributed by atoms with E-state index in [1.54, 1.807) is 9.80 Å². The number of halogens is 4. The smallest absolute Gasteiger partial charge is 0.260 e. The van der Waals surface area contributed by atoms with Crippen LogP contribution in [0.15, 0.2) is 36.4 Å². The molecule has 0 N–H and O–H groups in total. The molecule has 0 radical (unpaired) electrons. The van der Waals surface area contributed by atoms with Crippen molar-refractivity contribution < 1.29 is 27.8 Å². The highest BCUT2D eigenvalue weighted by Gasteiger charge is 2.25. The molecule has 2 aromatic rings. The van der Waals surface area contributed by atoms with E-state index in [1.165, 1.54) is 24.3 Å². The SMILES string of the molecule is O=C(COc1ccc(F)cc1Cl)N1CCN(C(=O)COc2ccc(F)cc2Cl)CC1. The van der Waals surface area contributed by atoms with Gasteiger partial charge in [0.05, 0.1) is 10.0 Å². The van der Waals surface area contributed by atoms with Gasteiger partial charge in [0, 0.05) is 26.2 Å². The molecule has 1 fully saturated rings. The highest BCUT2D eigenvalue weighted by atomic mass is 35.5. The Kier molecular flexibility index (Phi) is 7.33. The molecule has 10 heteroatoms. The van der Waals surface area contributed by atoms with E-state index in [1.807, 2.05) is 0 Å². The summed E-state index contributed by atoms with van der Waals surface area (Å²) >= 11 is 11.7. The summed E-state index contributed by atoms with van der Waals surface area (Å²) in [6.45, 7) is 0.854. The summed E-state index contributed by atoms with van der Waals surface area (Å²) in [7, 11) is 0. The van der Waals surface area contributed by atoms with Crippen LogP contribution in [0.3, 0.4) is 0 Å². The first-order valence-electron chi connectivity index (χ1n) is 9.05. The van der Waals surface area contributed by atoms with Crippen LogP contribution >= 0.6 is 23.2 Å². The zero-order valence-electron chi connectivity index (χ0n) is 15.7. The molecule has 0 aromatic heterocycles. The van der Waals surface area contributed by atoms with Crippen molar-refractivity contribution in [3.05, 3.63) is 58.1 Å². The van der Waals surface area contributed by atoms with Crippen molar-refractivity contribution >= 4 is 35.0 Å². The van der Waals surface area contributed by atoms with E-state index in [-0.39, 0.29) is 46.6 Å². The van der Waals surface area contributed by atoms with Gasteiger partial charge in [0.2, 0.25) is 0 Å². The lowest BCUT2D eigenvalue weighted by Gasteiger charge is -2.34. The summed E-state index contributed by atoms with van der Waals surface area (Å²) in [6.07, 6.45) is 0. The van der Waals surface area contributed by atoms with Gasteiger partial charge in [-0.25, -0.2) is 8.78 Å². The summed E-state index contributed by atoms with van der Waals surface area (Å²) in [5.41, 5.74) is 0. The molecule has 6 nitrogen and oxygen atoms in total. The number of rotatable bonds is 6. The van der Waals surface area contributed by atoms with Crippen molar-refractivity contribution in [2.45, 2.75) is 0 Å². The first-order chi connectivity index (χ1) is 14.3. The predicted octanol–water partition coefficient (Wildman–Crippen LogP) is 3.40. The van der Waals surface area contributed by atoms with Gasteiger partial charge >= 0.3 is 0 Å². The van der Waals surface area contributed by atoms with Crippen LogP contribution in [0.2, 0.25) is 10.0 Å². The Labute approximate surface area is 181 Å². The second-order valence-corrected chi connectivity index (χ2v) is 7.30. The van der Waals surface area contributed by atoms with Crippen LogP contribution in [0.25, 0.3) is 0 Å². The van der Waals surface area contributed by atoms with Crippen molar-refractivity contribution in [2.24, 2.45) is 0 Å². The minimum absolute atomic E-state index is 0.0828. The molecule has 30 heavy (non-hydrogen) atoms. The Morgan fingerprint density at radius 2 is 1.13 bits per heavy atom. The lowest BCUT2D eigenvalue weighted by atomic mass is 10.3. The maximum atomic E-state index is 13.0. The van der Waals surface area contributed by atoms with Gasteiger partial charge in [0.25, 0.3) is 11.8 Å². The Balaban J connectivity index is 1.43. The second kappa shape index (κ2) is 9.95. The van der Waals surface area contributed by atoms with Gasteiger partial charge in [-0.2, -0.15) is 0 Å². The molecule has 1 aliphatic rings. The minimum Gasteiger partial charge on any atom is -0.482 e. The maximum Gasteiger partial charge on any atom is 0.260 e. The predicted molar refractivity (Wildman–Crippen MR) is 107 cm³/mol. The monoisotopic (exact) mass is 458 g/mol. The van der Waals surface area contributed by atoms with E-state index >= 15 is 0 Å². The van der Waals surface area contributed by atoms with Crippen molar-refractivity contribution in [3.63, 3.8) is 0 Å². The van der Waals surface area contributed by atoms with Gasteiger partial charge in [-0.1, -0.05) is 23.2 Å². The molecule has 0 unspecified atom stereocenters. The lowest BCUT2D eigenvalue weighted by Crippen LogP contribution is -2.52. The highest BCUT2D eigenvalue weighted by Crippen LogP contribution is 2.25. The van der Waals surface area contributed by atoms with E-state index < -0.39 is 11.6 Å². The number of hydrogen-bond donors (Lipinski definition) is 0. The summed E-state index contributed by atoms with van der Waals surface area (Å²) < 4.78 is 36.8. The fourth-order valence-electron chi connectivity index (χ4n) is 2.85. The van der Waals surface area contributed by atoms with Crippen molar-refractivity contribution in [2.75, 3.05) is 39.4 Å². The van der Waals surface area contributed by atoms with Crippen LogP contribution in [-0.2, 0) is 9.59 Å². The number of carbonyl (C=O) groups excluding carboxylic acids is 2. The normalized spacial score (nSPS) is 13.9. The third kappa shape index (κ3) is 5.73. The highest BCUT2D eigenvalue weighted by molar-refractivity contribution is 6.32. The number of benzene rings is 2. The number of piperazine rings is 1. The summed E-state index contributed by atoms with van der Waals surface area (Å²) in [5, 5.41) is 0.166. The maximum absolute atomic E-state index is 13.0. The molecule has 1 heterocycles. The fourth-order valence-corrected chi connectivity index (χ4v) is 3.29. The number of hydrogen-bond acceptors (Lipinski definition) is 4. The Morgan fingerprint density at radius 3 is 1.47 bits per heavy atom. The van der Waals surface area contributed by atoms with Gasteiger partial charge in [-0.15, -0.1) is 0 Å². The second-order valence-electron chi connectivity index (χ2n) is 6.49. The molecular weight excluding hydrogens is 441 g/mol. The molecule has 2 amide bonds. The molecular formula is C20H18Cl2F2N2O4. The van der Waals surface area contributed by atoms with Gasteiger partial charge in [0.1, 0.15) is 23.1 Å². The number of ether oxygens (including phenoxy) is 2. The Morgan fingerprint density at radius 1 is 0.767 bits per heavy atom. The van der Waals surface area contributed by atoms with Gasteiger partial charge in [-0.3, -0.25) is 9.59 Å². The van der Waals surface area contributed by atoms with Crippen LogP contribution in [0, 0.1) is 11.6 Å². The average Bonchev–Trinajstić information content (AvgIpc) is 2.72. The zero-order valence-corrected chi connectivity index (χ0v) is 17.3. The molecule has 1 aliphatic heterocycles. The average molecular weight is 459 g/mol. The zero-order chi connectivity index (χ0) is 21.7. The molecule has 0 spiro atoms. The van der Waals surface area contributed by atoms with Crippen LogP contribution in [-0.4, -0.2) is 61.0 Å². The lowest BCUT2D eigenvalue weighted by molar-refractivity contribution is -0.141. The molecule has 1 saturated heterocycles. The van der Waals surface area contributed by atoms with Crippen LogP contribution in [0.1, 0.15) is 0 Å². The molecule has 160 valence electrons. The topological polar surface area (TPSA) is 59.1 Å². The molecule has 0 bridgehead atoms. The number of nitrogens with zero attached hydrogens (tertiary/aromatic N) is 2. The molecule has 0 atom stereocenters. The Hall–Kier alpha value is -2.58. The minimum atomic E-state index is -0.495. The van der Waals surface area contributed by atoms with E-state index in [4.69, 9.17) is 32.7 Å². The van der Waals surface area contributed by atoms with Crippen LogP contribution in [0.4, 0.5) is 8.78 Å². The van der Waals surface area contributed by atoms with Crippen molar-refractivity contribution in [1.82, 2.24) is 9.80 Å². The van der Waals surface area contributed by atoms with Gasteiger partial charge in [-0.05, 0) is 36.4 Å². The first kappa shape index (κ1) is 22.1. The summed E-state index contributed by atoms with van der Waals surface area (Å²) in [5.74, 6) is -1.09. The van der Waals surface area contributed by atoms with E-state index in [2.05, 4.69) is 0 Å². The third-order valence-corrected chi connectivity index (χ3v) is 5.07. The van der Waals surface area contributed by atoms with Crippen molar-refractivity contribution in [1.29, 1.82) is 0 Å². The number of amides is 2. The summed E-state index contributed by atoms with van der Waals surface area (Å²) in [4.78, 5) is 27.8.